The zero-order valence-electron chi connectivity index (χ0n) is 32.2. The minimum absolute atomic E-state index is 0.0302. The molecule has 3 aliphatic rings. The van der Waals surface area contributed by atoms with Gasteiger partial charge in [-0.15, -0.1) is 0 Å². The first-order valence-electron chi connectivity index (χ1n) is 19.1. The summed E-state index contributed by atoms with van der Waals surface area (Å²) < 4.78 is 16.9. The van der Waals surface area contributed by atoms with Crippen LogP contribution in [0, 0.1) is 13.8 Å². The second kappa shape index (κ2) is 15.3. The largest absolute Gasteiger partial charge is 0.442 e. The van der Waals surface area contributed by atoms with E-state index in [0.29, 0.717) is 69.6 Å². The van der Waals surface area contributed by atoms with E-state index in [2.05, 4.69) is 84.2 Å². The Balaban J connectivity index is 0.000000161. The lowest BCUT2D eigenvalue weighted by molar-refractivity contribution is 0.0942. The van der Waals surface area contributed by atoms with Crippen LogP contribution in [0.2, 0.25) is 0 Å². The molecule has 1 saturated heterocycles. The first-order valence-corrected chi connectivity index (χ1v) is 19.1. The van der Waals surface area contributed by atoms with Crippen LogP contribution in [0.5, 0.6) is 0 Å². The fraction of sp³-hybridized carbons (Fsp3) is 0.381. The van der Waals surface area contributed by atoms with Gasteiger partial charge in [0.15, 0.2) is 0 Å². The lowest BCUT2D eigenvalue weighted by atomic mass is 10.1. The van der Waals surface area contributed by atoms with Crippen molar-refractivity contribution >= 4 is 51.3 Å². The SMILES string of the molecule is Cc1oc2ncnc(NC3(C)CC3)c2c1C(=O)NCc1ccc(N2CCOCC2)cc1.Cc1oc2ncnc(NC3(C)CC3)c2c1C(=O)NCc1ccccc1. The monoisotopic (exact) mass is 757 g/mol. The van der Waals surface area contributed by atoms with Crippen LogP contribution in [0.1, 0.15) is 82.9 Å². The van der Waals surface area contributed by atoms with Crippen LogP contribution in [0.25, 0.3) is 22.2 Å². The Bertz CT molecular complexity index is 2360. The maximum Gasteiger partial charge on any atom is 0.255 e. The predicted molar refractivity (Wildman–Crippen MR) is 214 cm³/mol. The van der Waals surface area contributed by atoms with Crippen LogP contribution in [0.4, 0.5) is 17.3 Å². The first kappa shape index (κ1) is 36.9. The second-order valence-corrected chi connectivity index (χ2v) is 15.4. The van der Waals surface area contributed by atoms with E-state index in [1.807, 2.05) is 30.3 Å². The van der Waals surface area contributed by atoms with Gasteiger partial charge in [-0.1, -0.05) is 42.5 Å². The molecule has 14 nitrogen and oxygen atoms in total. The summed E-state index contributed by atoms with van der Waals surface area (Å²) in [5.74, 6) is 2.03. The molecule has 3 fully saturated rings. The lowest BCUT2D eigenvalue weighted by Gasteiger charge is -2.28. The van der Waals surface area contributed by atoms with Gasteiger partial charge in [0.2, 0.25) is 11.4 Å². The molecule has 14 heteroatoms. The average Bonchev–Trinajstić information content (AvgIpc) is 4.05. The van der Waals surface area contributed by atoms with Crippen molar-refractivity contribution in [2.75, 3.05) is 41.8 Å². The number of aromatic nitrogens is 4. The standard InChI is InChI=1S/C23H27N5O3.C19H20N4O2/c1-15-18(19-20(27-23(2)7-8-23)25-14-26-22(19)31-15)21(29)24-13-16-3-5-17(6-4-16)28-9-11-30-12-10-28;1-12-14(17(24)20-10-13-6-4-3-5-7-13)15-16(23-19(2)8-9-19)21-11-22-18(15)25-12/h3-6,14H,7-13H2,1-2H3,(H,24,29)(H,25,26,27);3-7,11H,8-10H2,1-2H3,(H,20,24)(H,21,22,23). The Morgan fingerprint density at radius 2 is 1.12 bits per heavy atom. The Kier molecular flexibility index (Phi) is 10.1. The van der Waals surface area contributed by atoms with Crippen molar-refractivity contribution in [2.24, 2.45) is 0 Å². The van der Waals surface area contributed by atoms with Crippen molar-refractivity contribution in [3.63, 3.8) is 0 Å². The number of morpholine rings is 1. The number of fused-ring (bicyclic) bond motifs is 2. The van der Waals surface area contributed by atoms with E-state index in [1.165, 1.54) is 18.3 Å². The van der Waals surface area contributed by atoms with Gasteiger partial charge in [0.25, 0.3) is 11.8 Å². The number of nitrogens with zero attached hydrogens (tertiary/aromatic N) is 5. The van der Waals surface area contributed by atoms with Crippen molar-refractivity contribution in [2.45, 2.75) is 77.5 Å². The van der Waals surface area contributed by atoms with Gasteiger partial charge in [-0.2, -0.15) is 0 Å². The molecule has 2 aliphatic carbocycles. The molecular formula is C42H47N9O5. The van der Waals surface area contributed by atoms with E-state index in [0.717, 1.165) is 63.1 Å². The molecule has 290 valence electrons. The quantitative estimate of drug-likeness (QED) is 0.111. The molecule has 2 aromatic carbocycles. The van der Waals surface area contributed by atoms with Gasteiger partial charge >= 0.3 is 0 Å². The molecule has 4 aromatic heterocycles. The molecule has 2 amide bonds. The third-order valence-corrected chi connectivity index (χ3v) is 10.7. The molecule has 1 aliphatic heterocycles. The summed E-state index contributed by atoms with van der Waals surface area (Å²) in [6.45, 7) is 12.1. The van der Waals surface area contributed by atoms with Gasteiger partial charge in [-0.3, -0.25) is 9.59 Å². The fourth-order valence-corrected chi connectivity index (χ4v) is 6.80. The highest BCUT2D eigenvalue weighted by atomic mass is 16.5. The van der Waals surface area contributed by atoms with Crippen LogP contribution in [-0.4, -0.2) is 69.1 Å². The van der Waals surface area contributed by atoms with Crippen LogP contribution >= 0.6 is 0 Å². The molecule has 0 bridgehead atoms. The maximum atomic E-state index is 13.1. The van der Waals surface area contributed by atoms with E-state index < -0.39 is 0 Å². The van der Waals surface area contributed by atoms with Gasteiger partial charge in [0, 0.05) is 42.9 Å². The Morgan fingerprint density at radius 3 is 1.59 bits per heavy atom. The predicted octanol–water partition coefficient (Wildman–Crippen LogP) is 6.69. The molecule has 56 heavy (non-hydrogen) atoms. The Hall–Kier alpha value is -6.02. The van der Waals surface area contributed by atoms with Crippen LogP contribution < -0.4 is 26.2 Å². The molecule has 6 aromatic rings. The van der Waals surface area contributed by atoms with Crippen molar-refractivity contribution in [1.82, 2.24) is 30.6 Å². The molecule has 0 radical (unpaired) electrons. The lowest BCUT2D eigenvalue weighted by Crippen LogP contribution is -2.36. The van der Waals surface area contributed by atoms with Crippen LogP contribution in [0.3, 0.4) is 0 Å². The zero-order valence-corrected chi connectivity index (χ0v) is 32.2. The molecule has 4 N–H and O–H groups in total. The van der Waals surface area contributed by atoms with Crippen molar-refractivity contribution in [3.8, 4) is 0 Å². The van der Waals surface area contributed by atoms with Gasteiger partial charge in [0.1, 0.15) is 35.8 Å². The number of carbonyl (C=O) groups is 2. The van der Waals surface area contributed by atoms with E-state index in [1.54, 1.807) is 13.8 Å². The summed E-state index contributed by atoms with van der Waals surface area (Å²) in [6, 6.07) is 18.1. The zero-order chi connectivity index (χ0) is 38.9. The highest BCUT2D eigenvalue weighted by Gasteiger charge is 2.39. The summed E-state index contributed by atoms with van der Waals surface area (Å²) >= 11 is 0. The summed E-state index contributed by atoms with van der Waals surface area (Å²) in [5, 5.41) is 14.2. The molecule has 9 rings (SSSR count). The fourth-order valence-electron chi connectivity index (χ4n) is 6.80. The molecule has 0 atom stereocenters. The number of anilines is 3. The summed E-state index contributed by atoms with van der Waals surface area (Å²) in [7, 11) is 0. The number of hydrogen-bond acceptors (Lipinski definition) is 12. The number of benzene rings is 2. The van der Waals surface area contributed by atoms with Crippen molar-refractivity contribution in [3.05, 3.63) is 101 Å². The minimum atomic E-state index is -0.188. The van der Waals surface area contributed by atoms with Gasteiger partial charge in [-0.25, -0.2) is 19.9 Å². The smallest absolute Gasteiger partial charge is 0.255 e. The number of aryl methyl sites for hydroxylation is 2. The highest BCUT2D eigenvalue weighted by molar-refractivity contribution is 6.11. The van der Waals surface area contributed by atoms with Crippen molar-refractivity contribution < 1.29 is 23.2 Å². The normalized spacial score (nSPS) is 16.5. The van der Waals surface area contributed by atoms with E-state index in [9.17, 15) is 9.59 Å². The summed E-state index contributed by atoms with van der Waals surface area (Å²) in [5.41, 5.74) is 5.19. The van der Waals surface area contributed by atoms with E-state index >= 15 is 0 Å². The number of amides is 2. The first-order chi connectivity index (χ1) is 27.1. The van der Waals surface area contributed by atoms with Gasteiger partial charge in [-0.05, 0) is 76.6 Å². The average molecular weight is 758 g/mol. The number of ether oxygens (including phenoxy) is 1. The third-order valence-electron chi connectivity index (χ3n) is 10.7. The minimum Gasteiger partial charge on any atom is -0.442 e. The Morgan fingerprint density at radius 1 is 0.661 bits per heavy atom. The van der Waals surface area contributed by atoms with Crippen LogP contribution in [0.15, 0.2) is 76.1 Å². The number of carbonyl (C=O) groups excluding carboxylic acids is 2. The Labute approximate surface area is 324 Å². The summed E-state index contributed by atoms with van der Waals surface area (Å²) in [6.07, 6.45) is 7.27. The topological polar surface area (TPSA) is 173 Å². The molecular weight excluding hydrogens is 711 g/mol. The highest BCUT2D eigenvalue weighted by Crippen LogP contribution is 2.41. The third kappa shape index (κ3) is 8.15. The van der Waals surface area contributed by atoms with E-state index in [4.69, 9.17) is 13.6 Å². The second-order valence-electron chi connectivity index (χ2n) is 15.4. The van der Waals surface area contributed by atoms with Gasteiger partial charge in [0.05, 0.1) is 35.1 Å². The number of furan rings is 2. The number of rotatable bonds is 11. The van der Waals surface area contributed by atoms with E-state index in [-0.39, 0.29) is 22.9 Å². The van der Waals surface area contributed by atoms with Crippen LogP contribution in [-0.2, 0) is 17.8 Å². The molecule has 0 unspecified atom stereocenters. The van der Waals surface area contributed by atoms with Crippen molar-refractivity contribution in [1.29, 1.82) is 0 Å². The maximum absolute atomic E-state index is 13.1. The summed E-state index contributed by atoms with van der Waals surface area (Å²) in [4.78, 5) is 45.3. The molecule has 5 heterocycles. The number of hydrogen-bond donors (Lipinski definition) is 4. The molecule has 2 saturated carbocycles. The molecule has 0 spiro atoms. The van der Waals surface area contributed by atoms with Gasteiger partial charge < -0.3 is 39.7 Å². The number of nitrogens with one attached hydrogen (secondary N) is 4.